The lowest BCUT2D eigenvalue weighted by atomic mass is 9.90. The van der Waals surface area contributed by atoms with Crippen molar-refractivity contribution in [1.29, 1.82) is 0 Å². The average molecular weight is 666 g/mol. The van der Waals surface area contributed by atoms with Crippen molar-refractivity contribution in [1.82, 2.24) is 34.1 Å². The highest BCUT2D eigenvalue weighted by molar-refractivity contribution is 5.93. The van der Waals surface area contributed by atoms with Gasteiger partial charge in [-0.2, -0.15) is 0 Å². The molecule has 1 aliphatic rings. The van der Waals surface area contributed by atoms with Crippen molar-refractivity contribution in [3.8, 4) is 22.6 Å². The molecule has 4 aromatic heterocycles. The molecule has 11 nitrogen and oxygen atoms in total. The predicted octanol–water partition coefficient (Wildman–Crippen LogP) is 4.65. The Bertz CT molecular complexity index is 2290. The summed E-state index contributed by atoms with van der Waals surface area (Å²) in [6.07, 6.45) is 5.54. The Labute approximate surface area is 278 Å². The number of aromatic nitrogens is 5. The Hall–Kier alpha value is -5.69. The zero-order valence-electron chi connectivity index (χ0n) is 26.6. The Morgan fingerprint density at radius 3 is 2.51 bits per heavy atom. The molecule has 0 radical (unpaired) electrons. The quantitative estimate of drug-likeness (QED) is 0.216. The molecule has 49 heavy (non-hydrogen) atoms. The van der Waals surface area contributed by atoms with Crippen LogP contribution < -0.4 is 26.6 Å². The van der Waals surface area contributed by atoms with Crippen LogP contribution in [0.15, 0.2) is 94.9 Å². The fourth-order valence-corrected chi connectivity index (χ4v) is 6.39. The van der Waals surface area contributed by atoms with E-state index in [0.29, 0.717) is 43.6 Å². The predicted molar refractivity (Wildman–Crippen MR) is 180 cm³/mol. The van der Waals surface area contributed by atoms with Gasteiger partial charge < -0.3 is 19.8 Å². The van der Waals surface area contributed by atoms with Gasteiger partial charge in [-0.25, -0.2) is 28.1 Å². The van der Waals surface area contributed by atoms with Gasteiger partial charge in [0.1, 0.15) is 35.3 Å². The summed E-state index contributed by atoms with van der Waals surface area (Å²) in [4.78, 5) is 49.4. The summed E-state index contributed by atoms with van der Waals surface area (Å²) in [6.45, 7) is 1.26. The molecule has 0 spiro atoms. The van der Waals surface area contributed by atoms with E-state index in [1.54, 1.807) is 6.07 Å². The van der Waals surface area contributed by atoms with Crippen LogP contribution in [0.4, 0.5) is 8.78 Å². The number of hydrogen-bond acceptors (Lipinski definition) is 7. The number of benzene rings is 2. The molecule has 0 unspecified atom stereocenters. The van der Waals surface area contributed by atoms with E-state index >= 15 is 0 Å². The van der Waals surface area contributed by atoms with Crippen molar-refractivity contribution in [2.24, 2.45) is 0 Å². The van der Waals surface area contributed by atoms with Gasteiger partial charge >= 0.3 is 5.69 Å². The largest absolute Gasteiger partial charge is 0.492 e. The number of hydrogen-bond donors (Lipinski definition) is 2. The molecule has 1 saturated carbocycles. The van der Waals surface area contributed by atoms with Gasteiger partial charge in [-0.15, -0.1) is 0 Å². The van der Waals surface area contributed by atoms with Gasteiger partial charge in [0, 0.05) is 31.0 Å². The first-order valence-electron chi connectivity index (χ1n) is 16.1. The molecule has 250 valence electrons. The normalized spacial score (nSPS) is 16.2. The van der Waals surface area contributed by atoms with E-state index in [9.17, 15) is 23.2 Å². The highest BCUT2D eigenvalue weighted by Gasteiger charge is 2.28. The molecule has 0 saturated heterocycles. The van der Waals surface area contributed by atoms with Gasteiger partial charge in [0.2, 0.25) is 0 Å². The summed E-state index contributed by atoms with van der Waals surface area (Å²) < 4.78 is 37.8. The topological polar surface area (TPSA) is 125 Å². The Balaban J connectivity index is 1.16. The van der Waals surface area contributed by atoms with Crippen LogP contribution in [0.25, 0.3) is 33.5 Å². The molecule has 0 aliphatic heterocycles. The van der Waals surface area contributed by atoms with E-state index in [1.807, 2.05) is 49.5 Å². The number of carbonyl (C=O) groups is 1. The smallest absolute Gasteiger partial charge is 0.337 e. The molecule has 1 aliphatic carbocycles. The summed E-state index contributed by atoms with van der Waals surface area (Å²) in [5.74, 6) is -0.791. The van der Waals surface area contributed by atoms with Crippen molar-refractivity contribution < 1.29 is 18.3 Å². The number of imidazole rings is 1. The molecular formula is C36H33F2N7O4. The second-order valence-corrected chi connectivity index (χ2v) is 12.1. The molecule has 2 N–H and O–H groups in total. The third-order valence-corrected chi connectivity index (χ3v) is 8.85. The maximum Gasteiger partial charge on any atom is 0.337 e. The van der Waals surface area contributed by atoms with Gasteiger partial charge in [0.15, 0.2) is 5.65 Å². The molecule has 0 atom stereocenters. The number of likely N-dealkylation sites (N-methyl/N-ethyl adjacent to an activating group) is 1. The number of nitrogens with one attached hydrogen (secondary N) is 2. The summed E-state index contributed by atoms with van der Waals surface area (Å²) in [5, 5.41) is 6.00. The van der Waals surface area contributed by atoms with Crippen LogP contribution in [-0.2, 0) is 0 Å². The first-order valence-corrected chi connectivity index (χ1v) is 16.1. The second kappa shape index (κ2) is 13.4. The zero-order chi connectivity index (χ0) is 34.1. The van der Waals surface area contributed by atoms with Crippen LogP contribution in [0.1, 0.15) is 42.2 Å². The lowest BCUT2D eigenvalue weighted by Gasteiger charge is -2.30. The Morgan fingerprint density at radius 2 is 1.73 bits per heavy atom. The molecule has 2 aromatic carbocycles. The molecule has 7 rings (SSSR count). The van der Waals surface area contributed by atoms with Crippen LogP contribution >= 0.6 is 0 Å². The monoisotopic (exact) mass is 665 g/mol. The lowest BCUT2D eigenvalue weighted by Crippen LogP contribution is -2.45. The van der Waals surface area contributed by atoms with Crippen molar-refractivity contribution >= 4 is 22.6 Å². The highest BCUT2D eigenvalue weighted by Crippen LogP contribution is 2.29. The van der Waals surface area contributed by atoms with Crippen molar-refractivity contribution in [3.63, 3.8) is 0 Å². The fraction of sp³-hybridized carbons (Fsp3) is 0.250. The number of pyridine rings is 2. The number of carbonyl (C=O) groups excluding carboxylic acids is 1. The van der Waals surface area contributed by atoms with E-state index < -0.39 is 34.8 Å². The molecule has 13 heteroatoms. The molecular weight excluding hydrogens is 632 g/mol. The molecule has 0 bridgehead atoms. The maximum atomic E-state index is 14.5. The standard InChI is InChI=1S/C36H33F2N7O4/c1-39-15-16-49-29-12-5-22(6-13-29)23-3-2-4-28(17-23)44-33-30(18-25(38)19-40-33)35(47)45(36(44)48)27-10-8-26(9-11-27)41-34(46)31-21-43-20-24(37)7-14-32(43)42-31/h2-7,12-14,17-21,26-27,39H,8-11,15-16H2,1H3,(H,41,46). The van der Waals surface area contributed by atoms with Gasteiger partial charge in [-0.3, -0.25) is 14.2 Å². The number of fused-ring (bicyclic) bond motifs is 2. The van der Waals surface area contributed by atoms with E-state index in [2.05, 4.69) is 20.6 Å². The van der Waals surface area contributed by atoms with Gasteiger partial charge in [-0.1, -0.05) is 24.3 Å². The van der Waals surface area contributed by atoms with Crippen LogP contribution in [0.3, 0.4) is 0 Å². The Kier molecular flexibility index (Phi) is 8.74. The minimum absolute atomic E-state index is 0.00761. The average Bonchev–Trinajstić information content (AvgIpc) is 3.54. The van der Waals surface area contributed by atoms with Crippen molar-refractivity contribution in [2.75, 3.05) is 20.2 Å². The van der Waals surface area contributed by atoms with Crippen LogP contribution in [-0.4, -0.2) is 55.7 Å². The molecule has 1 amide bonds. The Morgan fingerprint density at radius 1 is 0.939 bits per heavy atom. The summed E-state index contributed by atoms with van der Waals surface area (Å²) in [5.41, 5.74) is 1.67. The molecule has 4 heterocycles. The summed E-state index contributed by atoms with van der Waals surface area (Å²) in [6, 6.07) is 18.1. The number of nitrogens with zero attached hydrogens (tertiary/aromatic N) is 5. The first-order chi connectivity index (χ1) is 23.8. The first kappa shape index (κ1) is 31.9. The minimum Gasteiger partial charge on any atom is -0.492 e. The lowest BCUT2D eigenvalue weighted by molar-refractivity contribution is 0.0917. The molecule has 6 aromatic rings. The SMILES string of the molecule is CNCCOc1ccc(-c2cccc(-n3c(=O)n(C4CCC(NC(=O)c5cn6cc(F)ccc6n5)CC4)c(=O)c4cc(F)cnc43)c2)cc1. The number of rotatable bonds is 9. The van der Waals surface area contributed by atoms with E-state index in [0.717, 1.165) is 35.7 Å². The summed E-state index contributed by atoms with van der Waals surface area (Å²) >= 11 is 0. The van der Waals surface area contributed by atoms with Crippen molar-refractivity contribution in [3.05, 3.63) is 123 Å². The van der Waals surface area contributed by atoms with Gasteiger partial charge in [0.25, 0.3) is 11.5 Å². The van der Waals surface area contributed by atoms with Crippen LogP contribution in [0, 0.1) is 11.6 Å². The summed E-state index contributed by atoms with van der Waals surface area (Å²) in [7, 11) is 1.86. The van der Waals surface area contributed by atoms with Gasteiger partial charge in [-0.05, 0) is 86.3 Å². The number of amides is 1. The minimum atomic E-state index is -0.687. The maximum absolute atomic E-state index is 14.5. The fourth-order valence-electron chi connectivity index (χ4n) is 6.39. The molecule has 1 fully saturated rings. The van der Waals surface area contributed by atoms with E-state index in [4.69, 9.17) is 4.74 Å². The number of ether oxygens (including phenoxy) is 1. The third kappa shape index (κ3) is 6.44. The van der Waals surface area contributed by atoms with Crippen LogP contribution in [0.2, 0.25) is 0 Å². The highest BCUT2D eigenvalue weighted by atomic mass is 19.1. The van der Waals surface area contributed by atoms with E-state index in [1.165, 1.54) is 38.1 Å². The zero-order valence-corrected chi connectivity index (χ0v) is 26.6. The van der Waals surface area contributed by atoms with Gasteiger partial charge in [0.05, 0.1) is 17.3 Å². The van der Waals surface area contributed by atoms with E-state index in [-0.39, 0.29) is 22.8 Å². The van der Waals surface area contributed by atoms with Crippen molar-refractivity contribution in [2.45, 2.75) is 37.8 Å². The number of halogens is 2. The van der Waals surface area contributed by atoms with Crippen LogP contribution in [0.5, 0.6) is 5.75 Å². The third-order valence-electron chi connectivity index (χ3n) is 8.85. The second-order valence-electron chi connectivity index (χ2n) is 12.1.